The Hall–Kier alpha value is -0.610. The Morgan fingerprint density at radius 3 is 2.73 bits per heavy atom. The Balaban J connectivity index is 2.52. The van der Waals surface area contributed by atoms with Crippen molar-refractivity contribution in [2.75, 3.05) is 19.7 Å². The van der Waals surface area contributed by atoms with E-state index in [1.807, 2.05) is 4.90 Å². The van der Waals surface area contributed by atoms with Crippen LogP contribution in [0.1, 0.15) is 33.6 Å². The number of nitrogens with two attached hydrogens (primary N) is 1. The van der Waals surface area contributed by atoms with E-state index in [0.717, 1.165) is 12.8 Å². The first-order valence-electron chi connectivity index (χ1n) is 5.57. The van der Waals surface area contributed by atoms with E-state index >= 15 is 0 Å². The fourth-order valence-electron chi connectivity index (χ4n) is 1.79. The predicted octanol–water partition coefficient (Wildman–Crippen LogP) is 0.751. The Morgan fingerprint density at radius 2 is 2.20 bits per heavy atom. The lowest BCUT2D eigenvalue weighted by molar-refractivity contribution is -0.156. The maximum atomic E-state index is 11.6. The monoisotopic (exact) mass is 214 g/mol. The molecule has 1 rings (SSSR count). The third-order valence-corrected chi connectivity index (χ3v) is 2.67. The van der Waals surface area contributed by atoms with Gasteiger partial charge >= 0.3 is 0 Å². The first-order chi connectivity index (χ1) is 6.95. The predicted molar refractivity (Wildman–Crippen MR) is 59.5 cm³/mol. The van der Waals surface area contributed by atoms with Gasteiger partial charge in [-0.05, 0) is 40.2 Å². The molecule has 0 radical (unpaired) electrons. The maximum Gasteiger partial charge on any atom is 0.249 e. The highest BCUT2D eigenvalue weighted by atomic mass is 16.5. The second-order valence-electron chi connectivity index (χ2n) is 5.04. The van der Waals surface area contributed by atoms with Crippen molar-refractivity contribution in [2.24, 2.45) is 5.73 Å². The van der Waals surface area contributed by atoms with Crippen LogP contribution in [0, 0.1) is 0 Å². The zero-order valence-electron chi connectivity index (χ0n) is 9.95. The average Bonchev–Trinajstić information content (AvgIpc) is 2.15. The maximum absolute atomic E-state index is 11.6. The molecule has 1 fully saturated rings. The lowest BCUT2D eigenvalue weighted by atomic mass is 10.0. The van der Waals surface area contributed by atoms with Crippen LogP contribution in [0.4, 0.5) is 0 Å². The molecule has 0 aromatic heterocycles. The molecule has 0 aromatic carbocycles. The van der Waals surface area contributed by atoms with Crippen LogP contribution in [0.2, 0.25) is 0 Å². The zero-order valence-corrected chi connectivity index (χ0v) is 9.95. The van der Waals surface area contributed by atoms with Crippen molar-refractivity contribution in [3.8, 4) is 0 Å². The number of carbonyl (C=O) groups is 1. The topological polar surface area (TPSA) is 55.6 Å². The Labute approximate surface area is 91.8 Å². The van der Waals surface area contributed by atoms with Gasteiger partial charge in [-0.25, -0.2) is 0 Å². The summed E-state index contributed by atoms with van der Waals surface area (Å²) in [7, 11) is 0. The molecule has 1 aliphatic heterocycles. The molecule has 4 nitrogen and oxygen atoms in total. The lowest BCUT2D eigenvalue weighted by Gasteiger charge is -2.41. The van der Waals surface area contributed by atoms with E-state index in [1.54, 1.807) is 0 Å². The van der Waals surface area contributed by atoms with Gasteiger partial charge in [0, 0.05) is 12.1 Å². The number of hydrogen-bond donors (Lipinski definition) is 1. The molecule has 1 atom stereocenters. The fourth-order valence-corrected chi connectivity index (χ4v) is 1.79. The molecule has 4 heteroatoms. The van der Waals surface area contributed by atoms with Gasteiger partial charge < -0.3 is 15.4 Å². The highest BCUT2D eigenvalue weighted by Gasteiger charge is 2.32. The van der Waals surface area contributed by atoms with Crippen molar-refractivity contribution in [2.45, 2.75) is 45.3 Å². The average molecular weight is 214 g/mol. The molecule has 0 saturated carbocycles. The van der Waals surface area contributed by atoms with Gasteiger partial charge in [0.2, 0.25) is 5.91 Å². The lowest BCUT2D eigenvalue weighted by Crippen LogP contribution is -2.54. The standard InChI is InChI=1S/C11H22N2O2/c1-11(2,3)13-7-9(5-4-6-12)15-8-10(13)14/h9H,4-8,12H2,1-3H3. The number of ether oxygens (including phenoxy) is 1. The normalized spacial score (nSPS) is 23.3. The molecule has 0 aromatic rings. The minimum Gasteiger partial charge on any atom is -0.367 e. The van der Waals surface area contributed by atoms with Gasteiger partial charge in [-0.3, -0.25) is 4.79 Å². The van der Waals surface area contributed by atoms with Crippen LogP contribution >= 0.6 is 0 Å². The van der Waals surface area contributed by atoms with E-state index in [0.29, 0.717) is 13.1 Å². The van der Waals surface area contributed by atoms with Crippen LogP contribution in [-0.4, -0.2) is 42.1 Å². The Morgan fingerprint density at radius 1 is 1.53 bits per heavy atom. The van der Waals surface area contributed by atoms with E-state index in [1.165, 1.54) is 0 Å². The van der Waals surface area contributed by atoms with Crippen LogP contribution in [0.15, 0.2) is 0 Å². The Kier molecular flexibility index (Phi) is 4.11. The van der Waals surface area contributed by atoms with Gasteiger partial charge in [0.15, 0.2) is 0 Å². The van der Waals surface area contributed by atoms with Crippen LogP contribution < -0.4 is 5.73 Å². The summed E-state index contributed by atoms with van der Waals surface area (Å²) in [5.41, 5.74) is 5.35. The van der Waals surface area contributed by atoms with Crippen molar-refractivity contribution in [1.82, 2.24) is 4.90 Å². The Bertz CT molecular complexity index is 223. The molecule has 0 aliphatic carbocycles. The molecule has 0 spiro atoms. The number of hydrogen-bond acceptors (Lipinski definition) is 3. The summed E-state index contributed by atoms with van der Waals surface area (Å²) in [6, 6.07) is 0. The highest BCUT2D eigenvalue weighted by molar-refractivity contribution is 5.78. The van der Waals surface area contributed by atoms with Crippen molar-refractivity contribution >= 4 is 5.91 Å². The summed E-state index contributed by atoms with van der Waals surface area (Å²) in [6.45, 7) is 7.75. The molecule has 1 saturated heterocycles. The third kappa shape index (κ3) is 3.47. The number of rotatable bonds is 3. The molecule has 15 heavy (non-hydrogen) atoms. The van der Waals surface area contributed by atoms with Crippen LogP contribution in [0.3, 0.4) is 0 Å². The van der Waals surface area contributed by atoms with E-state index in [9.17, 15) is 4.79 Å². The summed E-state index contributed by atoms with van der Waals surface area (Å²) in [5, 5.41) is 0. The molecule has 2 N–H and O–H groups in total. The number of amides is 1. The van der Waals surface area contributed by atoms with Crippen molar-refractivity contribution in [3.05, 3.63) is 0 Å². The SMILES string of the molecule is CC(C)(C)N1CC(CCCN)OCC1=O. The molecule has 1 aliphatic rings. The number of nitrogens with zero attached hydrogens (tertiary/aromatic N) is 1. The second kappa shape index (κ2) is 4.94. The van der Waals surface area contributed by atoms with E-state index < -0.39 is 0 Å². The first kappa shape index (κ1) is 12.5. The van der Waals surface area contributed by atoms with E-state index in [-0.39, 0.29) is 24.2 Å². The molecular weight excluding hydrogens is 192 g/mol. The molecule has 0 bridgehead atoms. The zero-order chi connectivity index (χ0) is 11.5. The minimum atomic E-state index is -0.109. The van der Waals surface area contributed by atoms with Gasteiger partial charge in [-0.15, -0.1) is 0 Å². The third-order valence-electron chi connectivity index (χ3n) is 2.67. The van der Waals surface area contributed by atoms with Crippen molar-refractivity contribution < 1.29 is 9.53 Å². The first-order valence-corrected chi connectivity index (χ1v) is 5.57. The largest absolute Gasteiger partial charge is 0.367 e. The molecular formula is C11H22N2O2. The molecule has 1 heterocycles. The van der Waals surface area contributed by atoms with Crippen LogP contribution in [0.5, 0.6) is 0 Å². The van der Waals surface area contributed by atoms with Gasteiger partial charge in [0.05, 0.1) is 6.10 Å². The molecule has 1 unspecified atom stereocenters. The van der Waals surface area contributed by atoms with Gasteiger partial charge in [0.1, 0.15) is 6.61 Å². The highest BCUT2D eigenvalue weighted by Crippen LogP contribution is 2.20. The summed E-state index contributed by atoms with van der Waals surface area (Å²) >= 11 is 0. The summed E-state index contributed by atoms with van der Waals surface area (Å²) < 4.78 is 5.47. The van der Waals surface area contributed by atoms with Gasteiger partial charge in [-0.1, -0.05) is 0 Å². The molecule has 1 amide bonds. The van der Waals surface area contributed by atoms with Gasteiger partial charge in [-0.2, -0.15) is 0 Å². The van der Waals surface area contributed by atoms with Crippen molar-refractivity contribution in [1.29, 1.82) is 0 Å². The number of morpholine rings is 1. The van der Waals surface area contributed by atoms with Crippen LogP contribution in [0.25, 0.3) is 0 Å². The fraction of sp³-hybridized carbons (Fsp3) is 0.909. The smallest absolute Gasteiger partial charge is 0.249 e. The second-order valence-corrected chi connectivity index (χ2v) is 5.04. The van der Waals surface area contributed by atoms with Gasteiger partial charge in [0.25, 0.3) is 0 Å². The minimum absolute atomic E-state index is 0.0894. The summed E-state index contributed by atoms with van der Waals surface area (Å²) in [6.07, 6.45) is 2.05. The van der Waals surface area contributed by atoms with E-state index in [2.05, 4.69) is 20.8 Å². The van der Waals surface area contributed by atoms with Crippen LogP contribution in [-0.2, 0) is 9.53 Å². The van der Waals surface area contributed by atoms with E-state index in [4.69, 9.17) is 10.5 Å². The molecule has 88 valence electrons. The quantitative estimate of drug-likeness (QED) is 0.754. The summed E-state index contributed by atoms with van der Waals surface area (Å²) in [5.74, 6) is 0.0894. The van der Waals surface area contributed by atoms with Crippen molar-refractivity contribution in [3.63, 3.8) is 0 Å². The number of carbonyl (C=O) groups excluding carboxylic acids is 1. The summed E-state index contributed by atoms with van der Waals surface area (Å²) in [4.78, 5) is 13.5.